The second-order valence-electron chi connectivity index (χ2n) is 7.11. The molecule has 3 heterocycles. The molecule has 1 amide bonds. The molecule has 0 radical (unpaired) electrons. The fourth-order valence-corrected chi connectivity index (χ4v) is 4.35. The lowest BCUT2D eigenvalue weighted by molar-refractivity contribution is 0.0951. The van der Waals surface area contributed by atoms with Crippen molar-refractivity contribution in [3.8, 4) is 0 Å². The van der Waals surface area contributed by atoms with E-state index in [-0.39, 0.29) is 11.5 Å². The van der Waals surface area contributed by atoms with Crippen LogP contribution in [0.3, 0.4) is 0 Å². The molecule has 148 valence electrons. The Morgan fingerprint density at radius 1 is 0.900 bits per heavy atom. The number of aromatic nitrogens is 2. The van der Waals surface area contributed by atoms with E-state index in [1.807, 2.05) is 88.8 Å². The van der Waals surface area contributed by atoms with E-state index in [4.69, 9.17) is 0 Å². The molecule has 0 aliphatic carbocycles. The van der Waals surface area contributed by atoms with E-state index >= 15 is 0 Å². The molecule has 5 aromatic rings. The van der Waals surface area contributed by atoms with Gasteiger partial charge in [-0.2, -0.15) is 0 Å². The maximum absolute atomic E-state index is 13.2. The number of carbonyl (C=O) groups excluding carboxylic acids is 1. The molecule has 0 atom stereocenters. The molecule has 3 aromatic heterocycles. The van der Waals surface area contributed by atoms with Gasteiger partial charge in [-0.1, -0.05) is 36.4 Å². The van der Waals surface area contributed by atoms with Gasteiger partial charge < -0.3 is 14.3 Å². The minimum atomic E-state index is -0.156. The minimum Gasteiger partial charge on any atom is -0.347 e. The predicted octanol–water partition coefficient (Wildman–Crippen LogP) is 4.29. The van der Waals surface area contributed by atoms with Crippen molar-refractivity contribution in [3.63, 3.8) is 0 Å². The van der Waals surface area contributed by atoms with E-state index in [2.05, 4.69) is 5.32 Å². The zero-order valence-corrected chi connectivity index (χ0v) is 16.9. The van der Waals surface area contributed by atoms with Crippen LogP contribution in [0.25, 0.3) is 16.6 Å². The number of benzene rings is 2. The van der Waals surface area contributed by atoms with Crippen LogP contribution in [-0.4, -0.2) is 14.9 Å². The van der Waals surface area contributed by atoms with Crippen LogP contribution in [0, 0.1) is 0 Å². The summed E-state index contributed by atoms with van der Waals surface area (Å²) >= 11 is 1.61. The van der Waals surface area contributed by atoms with Gasteiger partial charge in [-0.25, -0.2) is 0 Å². The lowest BCUT2D eigenvalue weighted by Crippen LogP contribution is -2.25. The molecule has 30 heavy (non-hydrogen) atoms. The van der Waals surface area contributed by atoms with Gasteiger partial charge in [0.15, 0.2) is 0 Å². The number of nitrogens with zero attached hydrogens (tertiary/aromatic N) is 2. The highest BCUT2D eigenvalue weighted by Crippen LogP contribution is 2.19. The van der Waals surface area contributed by atoms with Crippen molar-refractivity contribution >= 4 is 33.8 Å². The highest BCUT2D eigenvalue weighted by atomic mass is 32.1. The highest BCUT2D eigenvalue weighted by Gasteiger charge is 2.14. The monoisotopic (exact) mass is 413 g/mol. The normalized spacial score (nSPS) is 11.2. The molecule has 5 nitrogen and oxygen atoms in total. The summed E-state index contributed by atoms with van der Waals surface area (Å²) in [5, 5.41) is 4.95. The van der Waals surface area contributed by atoms with E-state index in [0.29, 0.717) is 24.2 Å². The second kappa shape index (κ2) is 7.65. The van der Waals surface area contributed by atoms with Crippen LogP contribution in [0.1, 0.15) is 20.8 Å². The molecule has 0 spiro atoms. The number of hydrogen-bond donors (Lipinski definition) is 1. The van der Waals surface area contributed by atoms with Crippen LogP contribution in [0.5, 0.6) is 0 Å². The Labute approximate surface area is 176 Å². The first-order chi connectivity index (χ1) is 14.7. The molecular formula is C24H19N3O2S. The SMILES string of the molecule is O=C(NCc1cccs1)c1ccc2c(c1)n(Cc1ccccc1)c(=O)c1cccn12. The number of carbonyl (C=O) groups is 1. The van der Waals surface area contributed by atoms with Gasteiger partial charge >= 0.3 is 0 Å². The Morgan fingerprint density at radius 2 is 1.77 bits per heavy atom. The Morgan fingerprint density at radius 3 is 2.57 bits per heavy atom. The third-order valence-corrected chi connectivity index (χ3v) is 6.06. The Balaban J connectivity index is 1.60. The molecule has 1 N–H and O–H groups in total. The molecular weight excluding hydrogens is 394 g/mol. The molecule has 0 aliphatic rings. The zero-order valence-electron chi connectivity index (χ0n) is 16.1. The van der Waals surface area contributed by atoms with Crippen molar-refractivity contribution in [1.29, 1.82) is 0 Å². The third-order valence-electron chi connectivity index (χ3n) is 5.19. The molecule has 6 heteroatoms. The first kappa shape index (κ1) is 18.4. The third kappa shape index (κ3) is 3.31. The van der Waals surface area contributed by atoms with Crippen molar-refractivity contribution < 1.29 is 4.79 Å². The number of fused-ring (bicyclic) bond motifs is 3. The standard InChI is InChI=1S/C24H19N3O2S/c28-23(25-15-19-8-5-13-30-19)18-10-11-20-22(14-18)27(16-17-6-2-1-3-7-17)24(29)21-9-4-12-26(20)21/h1-14H,15-16H2,(H,25,28). The molecule has 5 rings (SSSR count). The van der Waals surface area contributed by atoms with E-state index in [1.165, 1.54) is 0 Å². The maximum atomic E-state index is 13.2. The lowest BCUT2D eigenvalue weighted by atomic mass is 10.1. The lowest BCUT2D eigenvalue weighted by Gasteiger charge is -2.14. The summed E-state index contributed by atoms with van der Waals surface area (Å²) in [6.07, 6.45) is 1.88. The van der Waals surface area contributed by atoms with Gasteiger partial charge in [-0.05, 0) is 47.3 Å². The average Bonchev–Trinajstić information content (AvgIpc) is 3.47. The van der Waals surface area contributed by atoms with Crippen LogP contribution >= 0.6 is 11.3 Å². The quantitative estimate of drug-likeness (QED) is 0.467. The van der Waals surface area contributed by atoms with E-state index in [0.717, 1.165) is 21.5 Å². The summed E-state index contributed by atoms with van der Waals surface area (Å²) in [7, 11) is 0. The Hall–Kier alpha value is -3.64. The summed E-state index contributed by atoms with van der Waals surface area (Å²) in [6, 6.07) is 23.0. The Bertz CT molecular complexity index is 1400. The summed E-state index contributed by atoms with van der Waals surface area (Å²) in [5.41, 5.74) is 3.73. The number of rotatable bonds is 5. The largest absolute Gasteiger partial charge is 0.347 e. The minimum absolute atomic E-state index is 0.0764. The predicted molar refractivity (Wildman–Crippen MR) is 120 cm³/mol. The first-order valence-electron chi connectivity index (χ1n) is 9.69. The van der Waals surface area contributed by atoms with Crippen molar-refractivity contribution in [2.24, 2.45) is 0 Å². The average molecular weight is 414 g/mol. The van der Waals surface area contributed by atoms with Gasteiger partial charge in [0, 0.05) is 16.6 Å². The van der Waals surface area contributed by atoms with E-state index < -0.39 is 0 Å². The highest BCUT2D eigenvalue weighted by molar-refractivity contribution is 7.09. The molecule has 0 saturated heterocycles. The van der Waals surface area contributed by atoms with Gasteiger partial charge in [0.25, 0.3) is 11.5 Å². The van der Waals surface area contributed by atoms with Gasteiger partial charge in [0.1, 0.15) is 5.52 Å². The maximum Gasteiger partial charge on any atom is 0.275 e. The summed E-state index contributed by atoms with van der Waals surface area (Å²) < 4.78 is 3.63. The molecule has 0 bridgehead atoms. The summed E-state index contributed by atoms with van der Waals surface area (Å²) in [6.45, 7) is 0.931. The topological polar surface area (TPSA) is 55.5 Å². The van der Waals surface area contributed by atoms with Crippen LogP contribution in [0.2, 0.25) is 0 Å². The van der Waals surface area contributed by atoms with E-state index in [1.54, 1.807) is 15.9 Å². The van der Waals surface area contributed by atoms with Crippen molar-refractivity contribution in [2.45, 2.75) is 13.1 Å². The molecule has 0 aliphatic heterocycles. The Kier molecular flexibility index (Phi) is 4.69. The van der Waals surface area contributed by atoms with Crippen LogP contribution in [-0.2, 0) is 13.1 Å². The van der Waals surface area contributed by atoms with Crippen molar-refractivity contribution in [1.82, 2.24) is 14.3 Å². The van der Waals surface area contributed by atoms with Gasteiger partial charge in [-0.3, -0.25) is 9.59 Å². The molecule has 0 unspecified atom stereocenters. The molecule has 0 saturated carbocycles. The second-order valence-corrected chi connectivity index (χ2v) is 8.14. The van der Waals surface area contributed by atoms with Crippen LogP contribution in [0.4, 0.5) is 0 Å². The van der Waals surface area contributed by atoms with Gasteiger partial charge in [0.05, 0.1) is 24.1 Å². The summed E-state index contributed by atoms with van der Waals surface area (Å²) in [5.74, 6) is -0.156. The van der Waals surface area contributed by atoms with Crippen molar-refractivity contribution in [2.75, 3.05) is 0 Å². The van der Waals surface area contributed by atoms with Crippen molar-refractivity contribution in [3.05, 3.63) is 111 Å². The fourth-order valence-electron chi connectivity index (χ4n) is 3.70. The van der Waals surface area contributed by atoms with Gasteiger partial charge in [-0.15, -0.1) is 11.3 Å². The molecule has 2 aromatic carbocycles. The molecule has 0 fully saturated rings. The number of hydrogen-bond acceptors (Lipinski definition) is 3. The number of nitrogens with one attached hydrogen (secondary N) is 1. The number of amides is 1. The first-order valence-corrected chi connectivity index (χ1v) is 10.6. The van der Waals surface area contributed by atoms with Crippen LogP contribution in [0.15, 0.2) is 89.2 Å². The summed E-state index contributed by atoms with van der Waals surface area (Å²) in [4.78, 5) is 27.1. The van der Waals surface area contributed by atoms with Gasteiger partial charge in [0.2, 0.25) is 0 Å². The number of thiophene rings is 1. The van der Waals surface area contributed by atoms with E-state index in [9.17, 15) is 9.59 Å². The smallest absolute Gasteiger partial charge is 0.275 e. The zero-order chi connectivity index (χ0) is 20.5. The van der Waals surface area contributed by atoms with Crippen LogP contribution < -0.4 is 10.9 Å². The fraction of sp³-hybridized carbons (Fsp3) is 0.0833.